The number of aryl methyl sites for hydroxylation is 1. The molecule has 3 N–H and O–H groups in total. The fourth-order valence-corrected chi connectivity index (χ4v) is 5.21. The van der Waals surface area contributed by atoms with Crippen molar-refractivity contribution >= 4 is 33.6 Å². The third-order valence-corrected chi connectivity index (χ3v) is 6.74. The van der Waals surface area contributed by atoms with Gasteiger partial charge in [0.05, 0.1) is 11.8 Å². The van der Waals surface area contributed by atoms with Gasteiger partial charge >= 0.3 is 0 Å². The van der Waals surface area contributed by atoms with Gasteiger partial charge in [0.2, 0.25) is 0 Å². The van der Waals surface area contributed by atoms with E-state index in [-0.39, 0.29) is 11.8 Å². The zero-order valence-electron chi connectivity index (χ0n) is 17.3. The summed E-state index contributed by atoms with van der Waals surface area (Å²) in [6, 6.07) is 5.85. The Morgan fingerprint density at radius 1 is 1.19 bits per heavy atom. The minimum absolute atomic E-state index is 0.0113. The van der Waals surface area contributed by atoms with E-state index >= 15 is 0 Å². The van der Waals surface area contributed by atoms with Crippen molar-refractivity contribution in [3.63, 3.8) is 0 Å². The van der Waals surface area contributed by atoms with E-state index < -0.39 is 0 Å². The van der Waals surface area contributed by atoms with Gasteiger partial charge in [-0.1, -0.05) is 0 Å². The smallest absolute Gasteiger partial charge is 0.253 e. The van der Waals surface area contributed by atoms with E-state index in [1.165, 1.54) is 11.1 Å². The van der Waals surface area contributed by atoms with Crippen LogP contribution < -0.4 is 5.32 Å². The molecule has 0 radical (unpaired) electrons. The lowest BCUT2D eigenvalue weighted by atomic mass is 9.93. The molecule has 2 aromatic heterocycles. The molecule has 2 amide bonds. The maximum absolute atomic E-state index is 13.1. The van der Waals surface area contributed by atoms with Gasteiger partial charge in [-0.3, -0.25) is 9.59 Å². The van der Waals surface area contributed by atoms with Crippen LogP contribution in [0.2, 0.25) is 0 Å². The average Bonchev–Trinajstić information content (AvgIpc) is 3.55. The van der Waals surface area contributed by atoms with E-state index in [1.54, 1.807) is 17.4 Å². The summed E-state index contributed by atoms with van der Waals surface area (Å²) in [5.41, 5.74) is 8.23. The van der Waals surface area contributed by atoms with Gasteiger partial charge < -0.3 is 20.2 Å². The molecule has 7 heteroatoms. The number of nitrogens with one attached hydrogen (secondary N) is 3. The average molecular weight is 413 g/mol. The molecule has 0 atom stereocenters. The first-order chi connectivity index (χ1) is 15.1. The molecule has 0 bridgehead atoms. The Balaban J connectivity index is 1.43. The highest BCUT2D eigenvalue weighted by atomic mass is 16.2. The number of likely N-dealkylation sites (N-methyl/N-ethyl adjacent to an activating group) is 1. The molecule has 4 aromatic rings. The Bertz CT molecular complexity index is 1370. The van der Waals surface area contributed by atoms with E-state index in [2.05, 4.69) is 20.3 Å². The van der Waals surface area contributed by atoms with Gasteiger partial charge in [0.15, 0.2) is 0 Å². The minimum Gasteiger partial charge on any atom is -0.354 e. The molecule has 0 unspecified atom stereocenters. The van der Waals surface area contributed by atoms with Gasteiger partial charge in [0.25, 0.3) is 11.8 Å². The Morgan fingerprint density at radius 3 is 2.90 bits per heavy atom. The summed E-state index contributed by atoms with van der Waals surface area (Å²) in [5.74, 6) is 0.0259. The van der Waals surface area contributed by atoms with Gasteiger partial charge in [-0.2, -0.15) is 0 Å². The second-order valence-corrected chi connectivity index (χ2v) is 8.54. The molecule has 0 saturated heterocycles. The zero-order valence-corrected chi connectivity index (χ0v) is 17.3. The SMILES string of the molecule is CN(CCc1cnc[nH]1)C(=O)c1ccc2[nH]c3c4c(c5c(c3c2c1)CNC5=O)CCC4. The molecule has 2 aliphatic rings. The van der Waals surface area contributed by atoms with Crippen molar-refractivity contribution in [3.8, 4) is 0 Å². The standard InChI is InChI=1S/C24H23N5O2/c1-29(8-7-14-10-25-12-27-14)24(31)13-5-6-19-17(9-13)20-18-11-26-23(30)21(18)15-3-2-4-16(15)22(20)28-19/h5-6,9-10,12,28H,2-4,7-8,11H2,1H3,(H,25,27)(H,26,30). The van der Waals surface area contributed by atoms with E-state index in [0.717, 1.165) is 64.3 Å². The zero-order chi connectivity index (χ0) is 21.1. The summed E-state index contributed by atoms with van der Waals surface area (Å²) in [4.78, 5) is 38.1. The lowest BCUT2D eigenvalue weighted by molar-refractivity contribution is 0.0796. The summed E-state index contributed by atoms with van der Waals surface area (Å²) in [5, 5.41) is 5.13. The quantitative estimate of drug-likeness (QED) is 0.480. The van der Waals surface area contributed by atoms with Crippen LogP contribution in [0.3, 0.4) is 0 Å². The number of aromatic nitrogens is 3. The number of H-pyrrole nitrogens is 2. The lowest BCUT2D eigenvalue weighted by Gasteiger charge is -2.17. The van der Waals surface area contributed by atoms with Gasteiger partial charge in [-0.25, -0.2) is 4.98 Å². The maximum atomic E-state index is 13.1. The number of fused-ring (bicyclic) bond motifs is 8. The van der Waals surface area contributed by atoms with Crippen LogP contribution in [-0.4, -0.2) is 45.3 Å². The largest absolute Gasteiger partial charge is 0.354 e. The molecule has 156 valence electrons. The lowest BCUT2D eigenvalue weighted by Crippen LogP contribution is -2.28. The maximum Gasteiger partial charge on any atom is 0.253 e. The highest BCUT2D eigenvalue weighted by Crippen LogP contribution is 2.41. The number of benzene rings is 2. The van der Waals surface area contributed by atoms with Gasteiger partial charge in [-0.15, -0.1) is 0 Å². The number of nitrogens with zero attached hydrogens (tertiary/aromatic N) is 2. The van der Waals surface area contributed by atoms with Crippen molar-refractivity contribution < 1.29 is 9.59 Å². The van der Waals surface area contributed by atoms with Crippen molar-refractivity contribution in [1.82, 2.24) is 25.2 Å². The first-order valence-corrected chi connectivity index (χ1v) is 10.7. The van der Waals surface area contributed by atoms with Crippen LogP contribution in [0.4, 0.5) is 0 Å². The first-order valence-electron chi connectivity index (χ1n) is 10.7. The summed E-state index contributed by atoms with van der Waals surface area (Å²) >= 11 is 0. The number of aromatic amines is 2. The Labute approximate surface area is 178 Å². The molecule has 7 nitrogen and oxygen atoms in total. The molecule has 0 saturated carbocycles. The second-order valence-electron chi connectivity index (χ2n) is 8.54. The normalized spacial score (nSPS) is 14.8. The predicted molar refractivity (Wildman–Crippen MR) is 118 cm³/mol. The van der Waals surface area contributed by atoms with Gasteiger partial charge in [-0.05, 0) is 54.2 Å². The number of carbonyl (C=O) groups is 2. The summed E-state index contributed by atoms with van der Waals surface area (Å²) in [6.07, 6.45) is 7.18. The van der Waals surface area contributed by atoms with Crippen molar-refractivity contribution in [2.24, 2.45) is 0 Å². The topological polar surface area (TPSA) is 93.9 Å². The van der Waals surface area contributed by atoms with Gasteiger partial charge in [0, 0.05) is 65.9 Å². The Morgan fingerprint density at radius 2 is 2.06 bits per heavy atom. The summed E-state index contributed by atoms with van der Waals surface area (Å²) < 4.78 is 0. The number of carbonyl (C=O) groups excluding carboxylic acids is 2. The van der Waals surface area contributed by atoms with E-state index in [4.69, 9.17) is 0 Å². The van der Waals surface area contributed by atoms with Crippen LogP contribution in [0.1, 0.15) is 49.5 Å². The molecule has 1 aliphatic heterocycles. The van der Waals surface area contributed by atoms with Crippen LogP contribution in [-0.2, 0) is 25.8 Å². The monoisotopic (exact) mass is 413 g/mol. The number of hydrogen-bond acceptors (Lipinski definition) is 3. The number of rotatable bonds is 4. The predicted octanol–water partition coefficient (Wildman–Crippen LogP) is 3.09. The molecule has 2 aromatic carbocycles. The van der Waals surface area contributed by atoms with Crippen molar-refractivity contribution in [2.45, 2.75) is 32.2 Å². The molecule has 31 heavy (non-hydrogen) atoms. The number of amides is 2. The van der Waals surface area contributed by atoms with E-state index in [1.807, 2.05) is 25.2 Å². The second kappa shape index (κ2) is 6.70. The molecular formula is C24H23N5O2. The van der Waals surface area contributed by atoms with Crippen LogP contribution in [0.25, 0.3) is 21.8 Å². The highest BCUT2D eigenvalue weighted by molar-refractivity contribution is 6.17. The van der Waals surface area contributed by atoms with Crippen molar-refractivity contribution in [3.05, 3.63) is 64.2 Å². The highest BCUT2D eigenvalue weighted by Gasteiger charge is 2.32. The molecule has 1 aliphatic carbocycles. The minimum atomic E-state index is -0.0113. The van der Waals surface area contributed by atoms with Crippen LogP contribution >= 0.6 is 0 Å². The molecule has 6 rings (SSSR count). The molecule has 0 fully saturated rings. The summed E-state index contributed by atoms with van der Waals surface area (Å²) in [7, 11) is 1.82. The fourth-order valence-electron chi connectivity index (χ4n) is 5.21. The summed E-state index contributed by atoms with van der Waals surface area (Å²) in [6.45, 7) is 1.15. The Kier molecular flexibility index (Phi) is 3.93. The van der Waals surface area contributed by atoms with Crippen LogP contribution in [0.5, 0.6) is 0 Å². The van der Waals surface area contributed by atoms with Crippen LogP contribution in [0.15, 0.2) is 30.7 Å². The van der Waals surface area contributed by atoms with Crippen LogP contribution in [0, 0.1) is 0 Å². The third-order valence-electron chi connectivity index (χ3n) is 6.74. The number of hydrogen-bond donors (Lipinski definition) is 3. The van der Waals surface area contributed by atoms with Crippen molar-refractivity contribution in [1.29, 1.82) is 0 Å². The van der Waals surface area contributed by atoms with E-state index in [0.29, 0.717) is 18.7 Å². The van der Waals surface area contributed by atoms with Gasteiger partial charge in [0.1, 0.15) is 0 Å². The third kappa shape index (κ3) is 2.69. The fraction of sp³-hybridized carbons (Fsp3) is 0.292. The molecule has 0 spiro atoms. The molecular weight excluding hydrogens is 390 g/mol. The Hall–Kier alpha value is -3.61. The number of imidazole rings is 1. The van der Waals surface area contributed by atoms with E-state index in [9.17, 15) is 9.59 Å². The first kappa shape index (κ1) is 18.2. The molecule has 3 heterocycles. The van der Waals surface area contributed by atoms with Crippen molar-refractivity contribution in [2.75, 3.05) is 13.6 Å².